The van der Waals surface area contributed by atoms with Crippen LogP contribution in [0.15, 0.2) is 0 Å². The van der Waals surface area contributed by atoms with Gasteiger partial charge in [0.2, 0.25) is 0 Å². The molecule has 0 amide bonds. The Morgan fingerprint density at radius 3 is 2.29 bits per heavy atom. The Kier molecular flexibility index (Phi) is 9.66. The molecule has 0 radical (unpaired) electrons. The first-order valence-corrected chi connectivity index (χ1v) is 7.34. The van der Waals surface area contributed by atoms with Gasteiger partial charge in [-0.1, -0.05) is 25.7 Å². The molecule has 17 heavy (non-hydrogen) atoms. The molecule has 1 aliphatic rings. The summed E-state index contributed by atoms with van der Waals surface area (Å²) in [6.07, 6.45) is 9.96. The van der Waals surface area contributed by atoms with Crippen LogP contribution in [0.5, 0.6) is 0 Å². The van der Waals surface area contributed by atoms with E-state index in [1.54, 1.807) is 7.11 Å². The van der Waals surface area contributed by atoms with Crippen LogP contribution in [0.25, 0.3) is 0 Å². The van der Waals surface area contributed by atoms with Crippen LogP contribution < -0.4 is 10.6 Å². The molecule has 1 rings (SSSR count). The molecule has 0 saturated heterocycles. The predicted molar refractivity (Wildman–Crippen MR) is 73.4 cm³/mol. The zero-order chi connectivity index (χ0) is 12.2. The molecule has 0 heterocycles. The van der Waals surface area contributed by atoms with E-state index in [1.807, 2.05) is 0 Å². The zero-order valence-corrected chi connectivity index (χ0v) is 11.5. The van der Waals surface area contributed by atoms with Crippen molar-refractivity contribution in [3.05, 3.63) is 0 Å². The van der Waals surface area contributed by atoms with E-state index in [0.29, 0.717) is 0 Å². The summed E-state index contributed by atoms with van der Waals surface area (Å²) in [5.41, 5.74) is 0. The van der Waals surface area contributed by atoms with Crippen molar-refractivity contribution >= 4 is 0 Å². The molecule has 1 saturated carbocycles. The van der Waals surface area contributed by atoms with E-state index < -0.39 is 0 Å². The van der Waals surface area contributed by atoms with E-state index in [0.717, 1.165) is 32.2 Å². The van der Waals surface area contributed by atoms with Gasteiger partial charge in [-0.15, -0.1) is 0 Å². The smallest absolute Gasteiger partial charge is 0.0587 e. The van der Waals surface area contributed by atoms with Gasteiger partial charge in [0.05, 0.1) is 6.61 Å². The van der Waals surface area contributed by atoms with Crippen LogP contribution in [0, 0.1) is 5.92 Å². The SMILES string of the molecule is COCCNCCCNCCCC1CCCC1. The molecule has 0 aromatic carbocycles. The molecule has 0 spiro atoms. The van der Waals surface area contributed by atoms with Crippen molar-refractivity contribution in [2.45, 2.75) is 44.9 Å². The minimum absolute atomic E-state index is 0.814. The van der Waals surface area contributed by atoms with E-state index in [4.69, 9.17) is 4.74 Å². The number of ether oxygens (including phenoxy) is 1. The van der Waals surface area contributed by atoms with Gasteiger partial charge in [-0.2, -0.15) is 0 Å². The molecule has 0 bridgehead atoms. The van der Waals surface area contributed by atoms with Crippen molar-refractivity contribution < 1.29 is 4.74 Å². The van der Waals surface area contributed by atoms with Crippen LogP contribution in [0.4, 0.5) is 0 Å². The normalized spacial score (nSPS) is 16.8. The van der Waals surface area contributed by atoms with E-state index in [-0.39, 0.29) is 0 Å². The maximum Gasteiger partial charge on any atom is 0.0587 e. The lowest BCUT2D eigenvalue weighted by molar-refractivity contribution is 0.199. The summed E-state index contributed by atoms with van der Waals surface area (Å²) in [6, 6.07) is 0. The van der Waals surface area contributed by atoms with Gasteiger partial charge in [0.25, 0.3) is 0 Å². The quantitative estimate of drug-likeness (QED) is 0.545. The second-order valence-electron chi connectivity index (χ2n) is 5.14. The highest BCUT2D eigenvalue weighted by molar-refractivity contribution is 4.67. The molecule has 0 unspecified atom stereocenters. The highest BCUT2D eigenvalue weighted by Gasteiger charge is 2.13. The number of hydrogen-bond donors (Lipinski definition) is 2. The van der Waals surface area contributed by atoms with Gasteiger partial charge in [0.15, 0.2) is 0 Å². The Labute approximate surface area is 107 Å². The Morgan fingerprint density at radius 1 is 0.941 bits per heavy atom. The number of hydrogen-bond acceptors (Lipinski definition) is 3. The Morgan fingerprint density at radius 2 is 1.59 bits per heavy atom. The Hall–Kier alpha value is -0.120. The Bertz CT molecular complexity index is 158. The van der Waals surface area contributed by atoms with Crippen molar-refractivity contribution in [2.24, 2.45) is 5.92 Å². The van der Waals surface area contributed by atoms with Gasteiger partial charge in [-0.25, -0.2) is 0 Å². The maximum absolute atomic E-state index is 4.97. The fourth-order valence-corrected chi connectivity index (χ4v) is 2.58. The number of methoxy groups -OCH3 is 1. The number of rotatable bonds is 11. The standard InChI is InChI=1S/C14H30N2O/c1-17-13-12-16-11-5-10-15-9-4-8-14-6-2-3-7-14/h14-16H,2-13H2,1H3. The van der Waals surface area contributed by atoms with Crippen molar-refractivity contribution in [2.75, 3.05) is 39.9 Å². The second-order valence-corrected chi connectivity index (χ2v) is 5.14. The summed E-state index contributed by atoms with van der Waals surface area (Å²) in [7, 11) is 1.74. The molecule has 0 atom stereocenters. The second kappa shape index (κ2) is 11.0. The lowest BCUT2D eigenvalue weighted by Crippen LogP contribution is -2.25. The van der Waals surface area contributed by atoms with E-state index in [9.17, 15) is 0 Å². The molecule has 2 N–H and O–H groups in total. The van der Waals surface area contributed by atoms with Gasteiger partial charge in [0, 0.05) is 13.7 Å². The molecule has 0 aromatic rings. The summed E-state index contributed by atoms with van der Waals surface area (Å²) in [4.78, 5) is 0. The van der Waals surface area contributed by atoms with Crippen LogP contribution >= 0.6 is 0 Å². The fourth-order valence-electron chi connectivity index (χ4n) is 2.58. The number of nitrogens with one attached hydrogen (secondary N) is 2. The first-order chi connectivity index (χ1) is 8.43. The monoisotopic (exact) mass is 242 g/mol. The third-order valence-corrected chi connectivity index (χ3v) is 3.63. The van der Waals surface area contributed by atoms with Crippen LogP contribution in [-0.4, -0.2) is 39.9 Å². The predicted octanol–water partition coefficient (Wildman–Crippen LogP) is 2.17. The molecule has 0 aromatic heterocycles. The summed E-state index contributed by atoms with van der Waals surface area (Å²) in [5, 5.41) is 6.89. The average Bonchev–Trinajstić information content (AvgIpc) is 2.85. The van der Waals surface area contributed by atoms with Crippen LogP contribution in [0.3, 0.4) is 0 Å². The first kappa shape index (κ1) is 14.9. The van der Waals surface area contributed by atoms with Crippen molar-refractivity contribution in [3.63, 3.8) is 0 Å². The van der Waals surface area contributed by atoms with Crippen LogP contribution in [0.1, 0.15) is 44.9 Å². The molecular weight excluding hydrogens is 212 g/mol. The van der Waals surface area contributed by atoms with E-state index in [1.165, 1.54) is 51.5 Å². The summed E-state index contributed by atoms with van der Waals surface area (Å²) < 4.78 is 4.97. The lowest BCUT2D eigenvalue weighted by Gasteiger charge is -2.09. The Balaban J connectivity index is 1.69. The van der Waals surface area contributed by atoms with Gasteiger partial charge < -0.3 is 15.4 Å². The minimum atomic E-state index is 0.814. The average molecular weight is 242 g/mol. The van der Waals surface area contributed by atoms with E-state index >= 15 is 0 Å². The van der Waals surface area contributed by atoms with Gasteiger partial charge in [-0.05, 0) is 44.8 Å². The van der Waals surface area contributed by atoms with Crippen molar-refractivity contribution in [1.82, 2.24) is 10.6 Å². The lowest BCUT2D eigenvalue weighted by atomic mass is 10.0. The van der Waals surface area contributed by atoms with Gasteiger partial charge in [0.1, 0.15) is 0 Å². The largest absolute Gasteiger partial charge is 0.383 e. The summed E-state index contributed by atoms with van der Waals surface area (Å²) >= 11 is 0. The maximum atomic E-state index is 4.97. The van der Waals surface area contributed by atoms with Gasteiger partial charge >= 0.3 is 0 Å². The summed E-state index contributed by atoms with van der Waals surface area (Å²) in [6.45, 7) is 5.23. The molecule has 102 valence electrons. The zero-order valence-electron chi connectivity index (χ0n) is 11.5. The molecular formula is C14H30N2O. The topological polar surface area (TPSA) is 33.3 Å². The highest BCUT2D eigenvalue weighted by Crippen LogP contribution is 2.28. The van der Waals surface area contributed by atoms with Crippen molar-refractivity contribution in [1.29, 1.82) is 0 Å². The van der Waals surface area contributed by atoms with Crippen LogP contribution in [-0.2, 0) is 4.74 Å². The first-order valence-electron chi connectivity index (χ1n) is 7.34. The minimum Gasteiger partial charge on any atom is -0.383 e. The molecule has 1 fully saturated rings. The fraction of sp³-hybridized carbons (Fsp3) is 1.00. The third kappa shape index (κ3) is 8.58. The highest BCUT2D eigenvalue weighted by atomic mass is 16.5. The van der Waals surface area contributed by atoms with E-state index in [2.05, 4.69) is 10.6 Å². The van der Waals surface area contributed by atoms with Crippen LogP contribution in [0.2, 0.25) is 0 Å². The molecule has 1 aliphatic carbocycles. The molecule has 3 heteroatoms. The third-order valence-electron chi connectivity index (χ3n) is 3.63. The van der Waals surface area contributed by atoms with Crippen molar-refractivity contribution in [3.8, 4) is 0 Å². The molecule has 3 nitrogen and oxygen atoms in total. The van der Waals surface area contributed by atoms with Gasteiger partial charge in [-0.3, -0.25) is 0 Å². The summed E-state index contributed by atoms with van der Waals surface area (Å²) in [5.74, 6) is 1.05. The molecule has 0 aliphatic heterocycles.